The first-order valence-electron chi connectivity index (χ1n) is 7.69. The summed E-state index contributed by atoms with van der Waals surface area (Å²) in [5.41, 5.74) is 2.69. The van der Waals surface area contributed by atoms with Crippen LogP contribution in [-0.4, -0.2) is 27.1 Å². The molecule has 0 unspecified atom stereocenters. The van der Waals surface area contributed by atoms with Crippen molar-refractivity contribution < 1.29 is 4.79 Å². The fourth-order valence-corrected chi connectivity index (χ4v) is 3.37. The maximum atomic E-state index is 11.9. The number of hydrogen-bond acceptors (Lipinski definition) is 4. The maximum Gasteiger partial charge on any atom is 0.207 e. The lowest BCUT2D eigenvalue weighted by molar-refractivity contribution is -0.108. The second kappa shape index (κ2) is 8.27. The van der Waals surface area contributed by atoms with Crippen molar-refractivity contribution in [1.82, 2.24) is 4.98 Å². The molecule has 1 aromatic heterocycles. The number of amidine groups is 1. The van der Waals surface area contributed by atoms with Crippen molar-refractivity contribution in [3.63, 3.8) is 0 Å². The largest absolute Gasteiger partial charge is 0.333 e. The Hall–Kier alpha value is -2.18. The highest BCUT2D eigenvalue weighted by Gasteiger charge is 2.13. The first-order chi connectivity index (χ1) is 12.2. The summed E-state index contributed by atoms with van der Waals surface area (Å²) in [5, 5.41) is 6.12. The predicted molar refractivity (Wildman–Crippen MR) is 112 cm³/mol. The summed E-state index contributed by atoms with van der Waals surface area (Å²) in [5.74, 6) is 0. The molecule has 0 bridgehead atoms. The highest BCUT2D eigenvalue weighted by Crippen LogP contribution is 2.31. The number of pyridine rings is 1. The van der Waals surface area contributed by atoms with E-state index in [0.29, 0.717) is 11.7 Å². The molecule has 0 spiro atoms. The molecule has 126 valence electrons. The van der Waals surface area contributed by atoms with Gasteiger partial charge in [-0.05, 0) is 23.9 Å². The van der Waals surface area contributed by atoms with Crippen molar-refractivity contribution in [1.29, 1.82) is 0 Å². The van der Waals surface area contributed by atoms with Gasteiger partial charge in [-0.2, -0.15) is 0 Å². The number of halogens is 1. The van der Waals surface area contributed by atoms with Crippen molar-refractivity contribution in [2.24, 2.45) is 4.99 Å². The van der Waals surface area contributed by atoms with E-state index >= 15 is 0 Å². The minimum absolute atomic E-state index is 0.0158. The molecule has 0 atom stereocenters. The average molecular weight is 414 g/mol. The van der Waals surface area contributed by atoms with Gasteiger partial charge in [0, 0.05) is 10.8 Å². The molecule has 6 heteroatoms. The third kappa shape index (κ3) is 4.08. The van der Waals surface area contributed by atoms with Crippen LogP contribution in [0.3, 0.4) is 0 Å². The van der Waals surface area contributed by atoms with Crippen LogP contribution in [0, 0.1) is 0 Å². The monoisotopic (exact) mass is 413 g/mol. The molecule has 0 aliphatic rings. The number of alkyl halides is 1. The lowest BCUT2D eigenvalue weighted by atomic mass is 10.1. The van der Waals surface area contributed by atoms with Gasteiger partial charge in [-0.15, -0.1) is 6.58 Å². The van der Waals surface area contributed by atoms with Gasteiger partial charge in [-0.25, -0.2) is 4.98 Å². The number of anilines is 1. The molecule has 2 aromatic carbocycles. The number of carbonyl (C=O) groups excluding carboxylic acids is 1. The Morgan fingerprint density at radius 1 is 1.16 bits per heavy atom. The van der Waals surface area contributed by atoms with Crippen LogP contribution in [0.25, 0.3) is 21.8 Å². The zero-order valence-corrected chi connectivity index (χ0v) is 15.8. The molecule has 1 heterocycles. The zero-order valence-electron chi connectivity index (χ0n) is 13.4. The van der Waals surface area contributed by atoms with Crippen LogP contribution in [0.2, 0.25) is 0 Å². The first kappa shape index (κ1) is 17.6. The van der Waals surface area contributed by atoms with Crippen LogP contribution in [0.1, 0.15) is 0 Å². The van der Waals surface area contributed by atoms with Crippen LogP contribution in [0.4, 0.5) is 5.69 Å². The Morgan fingerprint density at radius 2 is 1.76 bits per heavy atom. The molecule has 25 heavy (non-hydrogen) atoms. The van der Waals surface area contributed by atoms with Crippen molar-refractivity contribution in [3.05, 3.63) is 61.2 Å². The number of aliphatic imine (C=N–C) groups is 1. The van der Waals surface area contributed by atoms with Gasteiger partial charge in [0.25, 0.3) is 0 Å². The summed E-state index contributed by atoms with van der Waals surface area (Å²) in [4.78, 5) is 21.0. The molecular weight excluding hydrogens is 398 g/mol. The van der Waals surface area contributed by atoms with E-state index in [1.165, 1.54) is 0 Å². The van der Waals surface area contributed by atoms with Crippen LogP contribution in [0.15, 0.2) is 66.2 Å². The Bertz CT molecular complexity index is 917. The van der Waals surface area contributed by atoms with Crippen LogP contribution < -0.4 is 5.32 Å². The van der Waals surface area contributed by atoms with Crippen molar-refractivity contribution in [3.8, 4) is 0 Å². The van der Waals surface area contributed by atoms with E-state index in [-0.39, 0.29) is 10.4 Å². The van der Waals surface area contributed by atoms with Crippen molar-refractivity contribution in [2.75, 3.05) is 17.2 Å². The third-order valence-corrected chi connectivity index (χ3v) is 5.18. The third-order valence-electron chi connectivity index (χ3n) is 3.50. The van der Waals surface area contributed by atoms with E-state index in [2.05, 4.69) is 32.8 Å². The second-order valence-corrected chi connectivity index (χ2v) is 6.80. The first-order valence-corrected chi connectivity index (χ1v) is 9.63. The van der Waals surface area contributed by atoms with Crippen molar-refractivity contribution >= 4 is 65.5 Å². The second-order valence-electron chi connectivity index (χ2n) is 5.19. The molecule has 0 fully saturated rings. The normalized spacial score (nSPS) is 11.6. The molecule has 3 rings (SSSR count). The molecule has 1 N–H and O–H groups in total. The quantitative estimate of drug-likeness (QED) is 0.215. The Kier molecular flexibility index (Phi) is 5.83. The lowest BCUT2D eigenvalue weighted by Crippen LogP contribution is -2.13. The highest BCUT2D eigenvalue weighted by molar-refractivity contribution is 9.09. The molecular formula is C19H16BrN3OS. The number of thioether (sulfide) groups is 1. The molecule has 0 aliphatic heterocycles. The minimum Gasteiger partial charge on any atom is -0.333 e. The van der Waals surface area contributed by atoms with E-state index in [0.717, 1.165) is 39.3 Å². The van der Waals surface area contributed by atoms with Gasteiger partial charge < -0.3 is 5.32 Å². The fraction of sp³-hybridized carbons (Fsp3) is 0.105. The van der Waals surface area contributed by atoms with E-state index in [1.54, 1.807) is 6.08 Å². The maximum absolute atomic E-state index is 11.9. The van der Waals surface area contributed by atoms with E-state index in [1.807, 2.05) is 48.5 Å². The molecule has 0 amide bonds. The number of carbonyl (C=O) groups is 1. The zero-order chi connectivity index (χ0) is 17.6. The topological polar surface area (TPSA) is 54.4 Å². The summed E-state index contributed by atoms with van der Waals surface area (Å²) in [6.45, 7) is 4.13. The lowest BCUT2D eigenvalue weighted by Gasteiger charge is -2.14. The molecule has 0 radical (unpaired) electrons. The number of hydrogen-bond donors (Lipinski definition) is 1. The molecule has 0 saturated carbocycles. The number of aromatic nitrogens is 1. The smallest absolute Gasteiger partial charge is 0.207 e. The molecule has 0 saturated heterocycles. The Balaban J connectivity index is 2.13. The Morgan fingerprint density at radius 3 is 2.32 bits per heavy atom. The van der Waals surface area contributed by atoms with Crippen LogP contribution >= 0.6 is 27.7 Å². The summed E-state index contributed by atoms with van der Waals surface area (Å²) < 4.78 is 0. The summed E-state index contributed by atoms with van der Waals surface area (Å²) in [6, 6.07) is 15.9. The number of nitrogens with zero attached hydrogens (tertiary/aromatic N) is 2. The van der Waals surface area contributed by atoms with Crippen LogP contribution in [0.5, 0.6) is 0 Å². The average Bonchev–Trinajstić information content (AvgIpc) is 2.65. The molecule has 3 aromatic rings. The number of para-hydroxylation sites is 2. The summed E-state index contributed by atoms with van der Waals surface area (Å²) >= 11 is 4.27. The number of nitrogens with one attached hydrogen (secondary N) is 1. The van der Waals surface area contributed by atoms with Gasteiger partial charge in [0.05, 0.1) is 28.6 Å². The SMILES string of the molecule is C=CCN=C(Nc1c2ccccc2nc2ccccc12)SC(=O)CBr. The van der Waals surface area contributed by atoms with E-state index in [4.69, 9.17) is 4.98 Å². The minimum atomic E-state index is -0.0158. The predicted octanol–water partition coefficient (Wildman–Crippen LogP) is 5.00. The van der Waals surface area contributed by atoms with Gasteiger partial charge in [-0.1, -0.05) is 58.4 Å². The van der Waals surface area contributed by atoms with Gasteiger partial charge in [0.15, 0.2) is 5.17 Å². The van der Waals surface area contributed by atoms with Crippen LogP contribution in [-0.2, 0) is 4.79 Å². The number of benzene rings is 2. The standard InChI is InChI=1S/C19H16BrN3OS/c1-2-11-21-19(25-17(24)12-20)23-18-13-7-3-5-9-15(13)22-16-10-6-4-8-14(16)18/h2-10H,1,11-12H2,(H,21,22,23). The summed E-state index contributed by atoms with van der Waals surface area (Å²) in [7, 11) is 0. The summed E-state index contributed by atoms with van der Waals surface area (Å²) in [6.07, 6.45) is 1.70. The highest BCUT2D eigenvalue weighted by atomic mass is 79.9. The number of fused-ring (bicyclic) bond motifs is 2. The molecule has 4 nitrogen and oxygen atoms in total. The van der Waals surface area contributed by atoms with Gasteiger partial charge in [0.2, 0.25) is 5.12 Å². The fourth-order valence-electron chi connectivity index (χ4n) is 2.46. The van der Waals surface area contributed by atoms with Crippen molar-refractivity contribution in [2.45, 2.75) is 0 Å². The van der Waals surface area contributed by atoms with Gasteiger partial charge in [-0.3, -0.25) is 9.79 Å². The van der Waals surface area contributed by atoms with E-state index < -0.39 is 0 Å². The number of rotatable bonds is 4. The Labute approximate surface area is 158 Å². The van der Waals surface area contributed by atoms with Gasteiger partial charge in [0.1, 0.15) is 0 Å². The van der Waals surface area contributed by atoms with Gasteiger partial charge >= 0.3 is 0 Å². The molecule has 0 aliphatic carbocycles. The van der Waals surface area contributed by atoms with E-state index in [9.17, 15) is 4.79 Å².